The molecule has 0 unspecified atom stereocenters. The van der Waals surface area contributed by atoms with Gasteiger partial charge in [-0.2, -0.15) is 0 Å². The molecule has 2 rings (SSSR count). The second kappa shape index (κ2) is 8.87. The van der Waals surface area contributed by atoms with E-state index in [1.807, 2.05) is 0 Å². The van der Waals surface area contributed by atoms with Crippen LogP contribution >= 0.6 is 23.2 Å². The van der Waals surface area contributed by atoms with Gasteiger partial charge in [0.2, 0.25) is 10.0 Å². The van der Waals surface area contributed by atoms with Crippen LogP contribution in [0, 0.1) is 5.82 Å². The molecule has 1 amide bonds. The number of rotatable bonds is 6. The highest BCUT2D eigenvalue weighted by atomic mass is 35.5. The molecule has 28 heavy (non-hydrogen) atoms. The third kappa shape index (κ3) is 5.20. The van der Waals surface area contributed by atoms with Crippen molar-refractivity contribution in [2.45, 2.75) is 4.90 Å². The van der Waals surface area contributed by atoms with E-state index in [1.165, 1.54) is 32.3 Å². The average molecular weight is 449 g/mol. The molecule has 0 saturated heterocycles. The van der Waals surface area contributed by atoms with Crippen LogP contribution in [0.15, 0.2) is 41.3 Å². The number of carbonyl (C=O) groups is 2. The Morgan fingerprint density at radius 1 is 1.11 bits per heavy atom. The summed E-state index contributed by atoms with van der Waals surface area (Å²) in [6, 6.07) is 7.01. The lowest BCUT2D eigenvalue weighted by Gasteiger charge is -2.14. The number of hydrogen-bond acceptors (Lipinski definition) is 5. The number of hydrogen-bond donors (Lipinski definition) is 1. The van der Waals surface area contributed by atoms with Crippen LogP contribution in [0.4, 0.5) is 10.1 Å². The molecular weight excluding hydrogens is 434 g/mol. The van der Waals surface area contributed by atoms with Gasteiger partial charge < -0.3 is 10.1 Å². The number of benzene rings is 2. The van der Waals surface area contributed by atoms with Crippen molar-refractivity contribution in [1.82, 2.24) is 4.31 Å². The molecule has 0 aliphatic heterocycles. The number of nitrogens with one attached hydrogen (secondary N) is 1. The fraction of sp³-hybridized carbons (Fsp3) is 0.176. The van der Waals surface area contributed by atoms with E-state index in [4.69, 9.17) is 27.9 Å². The smallest absolute Gasteiger partial charge is 0.340 e. The molecule has 0 heterocycles. The molecule has 0 radical (unpaired) electrons. The van der Waals surface area contributed by atoms with Crippen LogP contribution in [0.5, 0.6) is 0 Å². The number of sulfonamides is 1. The van der Waals surface area contributed by atoms with E-state index in [0.717, 1.165) is 22.5 Å². The first-order valence-electron chi connectivity index (χ1n) is 7.66. The average Bonchev–Trinajstić information content (AvgIpc) is 2.61. The van der Waals surface area contributed by atoms with Gasteiger partial charge in [-0.3, -0.25) is 4.79 Å². The summed E-state index contributed by atoms with van der Waals surface area (Å²) in [5.41, 5.74) is 0.0485. The molecule has 0 fully saturated rings. The van der Waals surface area contributed by atoms with Crippen LogP contribution in [0.2, 0.25) is 10.0 Å². The highest BCUT2D eigenvalue weighted by molar-refractivity contribution is 7.89. The van der Waals surface area contributed by atoms with Crippen LogP contribution in [-0.4, -0.2) is 45.3 Å². The second-order valence-corrected chi connectivity index (χ2v) is 8.62. The predicted molar refractivity (Wildman–Crippen MR) is 103 cm³/mol. The molecule has 150 valence electrons. The summed E-state index contributed by atoms with van der Waals surface area (Å²) >= 11 is 11.7. The Kier molecular flexibility index (Phi) is 7.00. The van der Waals surface area contributed by atoms with E-state index in [2.05, 4.69) is 5.32 Å². The normalized spacial score (nSPS) is 11.4. The third-order valence-corrected chi connectivity index (χ3v) is 6.07. The summed E-state index contributed by atoms with van der Waals surface area (Å²) in [7, 11) is -1.13. The number of carbonyl (C=O) groups excluding carboxylic acids is 2. The van der Waals surface area contributed by atoms with Gasteiger partial charge in [0.25, 0.3) is 5.91 Å². The number of esters is 1. The van der Waals surface area contributed by atoms with Gasteiger partial charge in [0.05, 0.1) is 15.6 Å². The molecule has 0 saturated carbocycles. The van der Waals surface area contributed by atoms with Crippen LogP contribution in [0.25, 0.3) is 0 Å². The van der Waals surface area contributed by atoms with Crippen molar-refractivity contribution < 1.29 is 27.1 Å². The minimum Gasteiger partial charge on any atom is -0.452 e. The summed E-state index contributed by atoms with van der Waals surface area (Å²) in [6.45, 7) is -0.662. The zero-order chi connectivity index (χ0) is 21.1. The number of ether oxygens (including phenoxy) is 1. The van der Waals surface area contributed by atoms with Crippen LogP contribution in [0.1, 0.15) is 10.4 Å². The first kappa shape index (κ1) is 22.1. The molecule has 2 aromatic carbocycles. The zero-order valence-electron chi connectivity index (χ0n) is 14.7. The largest absolute Gasteiger partial charge is 0.452 e. The van der Waals surface area contributed by atoms with Crippen LogP contribution in [-0.2, 0) is 19.6 Å². The number of anilines is 1. The van der Waals surface area contributed by atoms with E-state index >= 15 is 0 Å². The Morgan fingerprint density at radius 2 is 1.79 bits per heavy atom. The molecule has 7 nitrogen and oxygen atoms in total. The molecule has 0 aliphatic rings. The van der Waals surface area contributed by atoms with Gasteiger partial charge >= 0.3 is 5.97 Å². The third-order valence-electron chi connectivity index (χ3n) is 3.46. The maximum absolute atomic E-state index is 13.0. The van der Waals surface area contributed by atoms with Gasteiger partial charge in [-0.1, -0.05) is 23.2 Å². The standard InChI is InChI=1S/C17H15Cl2FN2O5S/c1-22(2)28(25,26)15-8-11(4-6-13(15)18)21-16(23)9-27-17(24)12-5-3-10(20)7-14(12)19/h3-8H,9H2,1-2H3,(H,21,23). The van der Waals surface area contributed by atoms with Crippen molar-refractivity contribution in [3.05, 3.63) is 57.8 Å². The highest BCUT2D eigenvalue weighted by Gasteiger charge is 2.22. The Bertz CT molecular complexity index is 1030. The minimum absolute atomic E-state index is 0.0101. The van der Waals surface area contributed by atoms with E-state index in [-0.39, 0.29) is 26.2 Å². The number of nitrogens with zero attached hydrogens (tertiary/aromatic N) is 1. The molecule has 0 atom stereocenters. The summed E-state index contributed by atoms with van der Waals surface area (Å²) in [6.07, 6.45) is 0. The Morgan fingerprint density at radius 3 is 2.39 bits per heavy atom. The molecular formula is C17H15Cl2FN2O5S. The summed E-state index contributed by atoms with van der Waals surface area (Å²) in [5.74, 6) is -2.25. The minimum atomic E-state index is -3.82. The fourth-order valence-electron chi connectivity index (χ4n) is 2.04. The number of halogens is 3. The predicted octanol–water partition coefficient (Wildman–Crippen LogP) is 3.18. The molecule has 2 aromatic rings. The fourth-order valence-corrected chi connectivity index (χ4v) is 3.67. The van der Waals surface area contributed by atoms with E-state index in [1.54, 1.807) is 0 Å². The van der Waals surface area contributed by atoms with Crippen molar-refractivity contribution in [3.63, 3.8) is 0 Å². The summed E-state index contributed by atoms with van der Waals surface area (Å²) in [5, 5.41) is 2.24. The number of amides is 1. The first-order valence-corrected chi connectivity index (χ1v) is 9.86. The van der Waals surface area contributed by atoms with E-state index in [9.17, 15) is 22.4 Å². The lowest BCUT2D eigenvalue weighted by Crippen LogP contribution is -2.23. The van der Waals surface area contributed by atoms with Gasteiger partial charge in [0.1, 0.15) is 10.7 Å². The molecule has 0 bridgehead atoms. The van der Waals surface area contributed by atoms with E-state index in [0.29, 0.717) is 0 Å². The summed E-state index contributed by atoms with van der Waals surface area (Å²) < 4.78 is 43.3. The van der Waals surface area contributed by atoms with Crippen LogP contribution < -0.4 is 5.32 Å². The quantitative estimate of drug-likeness (QED) is 0.684. The van der Waals surface area contributed by atoms with E-state index < -0.39 is 34.3 Å². The summed E-state index contributed by atoms with van der Waals surface area (Å²) in [4.78, 5) is 23.7. The van der Waals surface area contributed by atoms with Gasteiger partial charge in [-0.05, 0) is 36.4 Å². The molecule has 11 heteroatoms. The lowest BCUT2D eigenvalue weighted by molar-refractivity contribution is -0.119. The Labute approximate surface area is 171 Å². The maximum Gasteiger partial charge on any atom is 0.340 e. The van der Waals surface area contributed by atoms with Crippen molar-refractivity contribution >= 4 is 50.8 Å². The Balaban J connectivity index is 2.06. The zero-order valence-corrected chi connectivity index (χ0v) is 17.0. The van der Waals surface area contributed by atoms with Crippen molar-refractivity contribution in [2.24, 2.45) is 0 Å². The topological polar surface area (TPSA) is 92.8 Å². The Hall–Kier alpha value is -2.20. The molecule has 0 aromatic heterocycles. The van der Waals surface area contributed by atoms with Crippen molar-refractivity contribution in [2.75, 3.05) is 26.0 Å². The monoisotopic (exact) mass is 448 g/mol. The van der Waals surface area contributed by atoms with Gasteiger partial charge in [0, 0.05) is 19.8 Å². The van der Waals surface area contributed by atoms with Crippen molar-refractivity contribution in [3.8, 4) is 0 Å². The lowest BCUT2D eigenvalue weighted by atomic mass is 10.2. The van der Waals surface area contributed by atoms with Gasteiger partial charge in [-0.25, -0.2) is 21.9 Å². The van der Waals surface area contributed by atoms with Gasteiger partial charge in [0.15, 0.2) is 6.61 Å². The molecule has 1 N–H and O–H groups in total. The molecule has 0 spiro atoms. The molecule has 0 aliphatic carbocycles. The highest BCUT2D eigenvalue weighted by Crippen LogP contribution is 2.27. The maximum atomic E-state index is 13.0. The first-order chi connectivity index (χ1) is 13.0. The van der Waals surface area contributed by atoms with Gasteiger partial charge in [-0.15, -0.1) is 0 Å². The van der Waals surface area contributed by atoms with Crippen LogP contribution in [0.3, 0.4) is 0 Å². The second-order valence-electron chi connectivity index (χ2n) is 5.68. The SMILES string of the molecule is CN(C)S(=O)(=O)c1cc(NC(=O)COC(=O)c2ccc(F)cc2Cl)ccc1Cl. The van der Waals surface area contributed by atoms with Crippen molar-refractivity contribution in [1.29, 1.82) is 0 Å².